The van der Waals surface area contributed by atoms with Crippen molar-refractivity contribution in [3.8, 4) is 0 Å². The smallest absolute Gasteiger partial charge is 0.235 e. The fraction of sp³-hybridized carbons (Fsp3) is 0.571. The van der Waals surface area contributed by atoms with E-state index in [9.17, 15) is 13.2 Å². The average Bonchev–Trinajstić information content (AvgIpc) is 2.70. The third-order valence-electron chi connectivity index (χ3n) is 2.14. The molecule has 0 aromatic carbocycles. The molecule has 76 valence electrons. The van der Waals surface area contributed by atoms with Gasteiger partial charge in [0.2, 0.25) is 11.7 Å². The molecule has 1 aliphatic heterocycles. The summed E-state index contributed by atoms with van der Waals surface area (Å²) in [5, 5.41) is 3.38. The molecule has 0 radical (unpaired) electrons. The van der Waals surface area contributed by atoms with Crippen LogP contribution in [0.25, 0.3) is 0 Å². The fourth-order valence-corrected chi connectivity index (χ4v) is 3.18. The van der Waals surface area contributed by atoms with E-state index >= 15 is 0 Å². The van der Waals surface area contributed by atoms with Crippen LogP contribution in [-0.2, 0) is 9.84 Å². The van der Waals surface area contributed by atoms with Crippen LogP contribution in [0.2, 0.25) is 0 Å². The van der Waals surface area contributed by atoms with Crippen LogP contribution in [-0.4, -0.2) is 36.4 Å². The topological polar surface area (TPSA) is 90.1 Å². The molecular formula is C7H8N2O4S. The molecule has 0 N–H and O–H groups in total. The van der Waals surface area contributed by atoms with E-state index in [0.29, 0.717) is 12.7 Å². The van der Waals surface area contributed by atoms with Gasteiger partial charge in [-0.1, -0.05) is 5.16 Å². The van der Waals surface area contributed by atoms with Gasteiger partial charge in [-0.25, -0.2) is 8.42 Å². The molecule has 1 unspecified atom stereocenters. The molecule has 0 bridgehead atoms. The third-order valence-corrected chi connectivity index (χ3v) is 3.91. The Morgan fingerprint density at radius 1 is 1.50 bits per heavy atom. The minimum atomic E-state index is -2.96. The van der Waals surface area contributed by atoms with Gasteiger partial charge < -0.3 is 4.52 Å². The lowest BCUT2D eigenvalue weighted by Crippen LogP contribution is -2.04. The van der Waals surface area contributed by atoms with Gasteiger partial charge in [0.15, 0.2) is 16.1 Å². The van der Waals surface area contributed by atoms with Crippen molar-refractivity contribution >= 4 is 16.1 Å². The molecular weight excluding hydrogens is 208 g/mol. The highest BCUT2D eigenvalue weighted by Crippen LogP contribution is 2.27. The first-order valence-corrected chi connectivity index (χ1v) is 5.92. The number of hydrogen-bond acceptors (Lipinski definition) is 6. The molecule has 7 heteroatoms. The number of nitrogens with zero attached hydrogens (tertiary/aromatic N) is 2. The van der Waals surface area contributed by atoms with E-state index < -0.39 is 9.84 Å². The zero-order chi connectivity index (χ0) is 10.2. The quantitative estimate of drug-likeness (QED) is 0.635. The maximum Gasteiger partial charge on any atom is 0.235 e. The lowest BCUT2D eigenvalue weighted by Gasteiger charge is -1.97. The van der Waals surface area contributed by atoms with Crippen LogP contribution in [0.1, 0.15) is 28.8 Å². The summed E-state index contributed by atoms with van der Waals surface area (Å²) in [7, 11) is -2.96. The lowest BCUT2D eigenvalue weighted by atomic mass is 10.1. The van der Waals surface area contributed by atoms with Gasteiger partial charge in [-0.2, -0.15) is 4.98 Å². The summed E-state index contributed by atoms with van der Waals surface area (Å²) in [4.78, 5) is 14.0. The van der Waals surface area contributed by atoms with E-state index in [1.807, 2.05) is 0 Å². The average molecular weight is 216 g/mol. The zero-order valence-corrected chi connectivity index (χ0v) is 8.03. The number of carbonyl (C=O) groups is 1. The van der Waals surface area contributed by atoms with Crippen LogP contribution in [0.15, 0.2) is 4.52 Å². The highest BCUT2D eigenvalue weighted by Gasteiger charge is 2.32. The number of hydrogen-bond donors (Lipinski definition) is 0. The van der Waals surface area contributed by atoms with Crippen molar-refractivity contribution in [2.45, 2.75) is 12.3 Å². The molecule has 2 heterocycles. The van der Waals surface area contributed by atoms with E-state index in [2.05, 4.69) is 10.1 Å². The van der Waals surface area contributed by atoms with Crippen molar-refractivity contribution in [2.24, 2.45) is 0 Å². The monoisotopic (exact) mass is 216 g/mol. The number of sulfone groups is 1. The summed E-state index contributed by atoms with van der Waals surface area (Å²) < 4.78 is 27.0. The van der Waals surface area contributed by atoms with Gasteiger partial charge in [-0.05, 0) is 6.42 Å². The van der Waals surface area contributed by atoms with Crippen LogP contribution in [0.4, 0.5) is 0 Å². The molecule has 0 saturated carbocycles. The van der Waals surface area contributed by atoms with E-state index in [1.54, 1.807) is 0 Å². The molecule has 1 aliphatic rings. The molecule has 0 amide bonds. The lowest BCUT2D eigenvalue weighted by molar-refractivity contribution is 0.111. The molecule has 1 fully saturated rings. The van der Waals surface area contributed by atoms with Crippen molar-refractivity contribution in [3.63, 3.8) is 0 Å². The first-order valence-electron chi connectivity index (χ1n) is 4.10. The Balaban J connectivity index is 2.21. The van der Waals surface area contributed by atoms with Crippen LogP contribution in [0.3, 0.4) is 0 Å². The molecule has 14 heavy (non-hydrogen) atoms. The molecule has 1 aromatic rings. The van der Waals surface area contributed by atoms with Crippen LogP contribution >= 0.6 is 0 Å². The van der Waals surface area contributed by atoms with Crippen molar-refractivity contribution in [2.75, 3.05) is 11.5 Å². The van der Waals surface area contributed by atoms with Gasteiger partial charge in [0.25, 0.3) is 0 Å². The van der Waals surface area contributed by atoms with Crippen LogP contribution in [0.5, 0.6) is 0 Å². The number of aldehydes is 1. The Morgan fingerprint density at radius 3 is 2.79 bits per heavy atom. The molecule has 6 nitrogen and oxygen atoms in total. The summed E-state index contributed by atoms with van der Waals surface area (Å²) in [6, 6.07) is 0. The van der Waals surface area contributed by atoms with Gasteiger partial charge in [0, 0.05) is 0 Å². The van der Waals surface area contributed by atoms with Gasteiger partial charge in [0.1, 0.15) is 0 Å². The van der Waals surface area contributed by atoms with Crippen molar-refractivity contribution in [1.29, 1.82) is 0 Å². The second-order valence-electron chi connectivity index (χ2n) is 3.21. The highest BCUT2D eigenvalue weighted by atomic mass is 32.2. The van der Waals surface area contributed by atoms with E-state index in [4.69, 9.17) is 4.52 Å². The fourth-order valence-electron chi connectivity index (χ4n) is 1.45. The summed E-state index contributed by atoms with van der Waals surface area (Å²) in [5.41, 5.74) is 0. The molecule has 0 aliphatic carbocycles. The normalized spacial score (nSPS) is 25.0. The third kappa shape index (κ3) is 1.67. The van der Waals surface area contributed by atoms with Crippen molar-refractivity contribution < 1.29 is 17.7 Å². The van der Waals surface area contributed by atoms with Gasteiger partial charge in [-0.15, -0.1) is 0 Å². The maximum absolute atomic E-state index is 11.1. The summed E-state index contributed by atoms with van der Waals surface area (Å²) in [6.45, 7) is 0. The SMILES string of the molecule is O=Cc1noc(C2CCS(=O)(=O)C2)n1. The Bertz CT molecular complexity index is 450. The molecule has 0 spiro atoms. The number of rotatable bonds is 2. The Hall–Kier alpha value is -1.24. The Morgan fingerprint density at radius 2 is 2.29 bits per heavy atom. The van der Waals surface area contributed by atoms with Crippen LogP contribution < -0.4 is 0 Å². The Labute approximate surface area is 80.2 Å². The summed E-state index contributed by atoms with van der Waals surface area (Å²) in [5.74, 6) is 0.142. The molecule has 1 saturated heterocycles. The second kappa shape index (κ2) is 3.16. The van der Waals surface area contributed by atoms with E-state index in [1.165, 1.54) is 0 Å². The number of carbonyl (C=O) groups excluding carboxylic acids is 1. The predicted molar refractivity (Wildman–Crippen MR) is 45.7 cm³/mol. The van der Waals surface area contributed by atoms with Crippen LogP contribution in [0, 0.1) is 0 Å². The second-order valence-corrected chi connectivity index (χ2v) is 5.44. The van der Waals surface area contributed by atoms with Gasteiger partial charge in [0.05, 0.1) is 17.4 Å². The minimum absolute atomic E-state index is 0.0352. The predicted octanol–water partition coefficient (Wildman–Crippen LogP) is -0.216. The maximum atomic E-state index is 11.1. The molecule has 2 rings (SSSR count). The zero-order valence-electron chi connectivity index (χ0n) is 7.21. The van der Waals surface area contributed by atoms with E-state index in [0.717, 1.165) is 0 Å². The van der Waals surface area contributed by atoms with E-state index in [-0.39, 0.29) is 29.1 Å². The standard InChI is InChI=1S/C7H8N2O4S/c10-3-6-8-7(13-9-6)5-1-2-14(11,12)4-5/h3,5H,1-2,4H2. The largest absolute Gasteiger partial charge is 0.339 e. The first kappa shape index (κ1) is 9.32. The van der Waals surface area contributed by atoms with Crippen molar-refractivity contribution in [1.82, 2.24) is 10.1 Å². The first-order chi connectivity index (χ1) is 6.61. The molecule has 1 atom stereocenters. The number of aromatic nitrogens is 2. The summed E-state index contributed by atoms with van der Waals surface area (Å²) in [6.07, 6.45) is 0.958. The minimum Gasteiger partial charge on any atom is -0.339 e. The van der Waals surface area contributed by atoms with Gasteiger partial charge >= 0.3 is 0 Å². The summed E-state index contributed by atoms with van der Waals surface area (Å²) >= 11 is 0. The Kier molecular flexibility index (Phi) is 2.10. The molecule has 1 aromatic heterocycles. The highest BCUT2D eigenvalue weighted by molar-refractivity contribution is 7.91. The van der Waals surface area contributed by atoms with Gasteiger partial charge in [-0.3, -0.25) is 4.79 Å². The van der Waals surface area contributed by atoms with Crippen molar-refractivity contribution in [3.05, 3.63) is 11.7 Å².